The van der Waals surface area contributed by atoms with Crippen molar-refractivity contribution in [1.82, 2.24) is 0 Å². The first-order chi connectivity index (χ1) is 9.15. The number of fused-ring (bicyclic) bond motifs is 1. The van der Waals surface area contributed by atoms with Crippen LogP contribution in [0.4, 0.5) is 0 Å². The van der Waals surface area contributed by atoms with E-state index in [9.17, 15) is 4.79 Å². The Bertz CT molecular complexity index is 659. The van der Waals surface area contributed by atoms with E-state index in [4.69, 9.17) is 9.47 Å². The summed E-state index contributed by atoms with van der Waals surface area (Å²) in [6.07, 6.45) is 0. The maximum absolute atomic E-state index is 12.5. The van der Waals surface area contributed by atoms with Crippen molar-refractivity contribution in [3.63, 3.8) is 0 Å². The van der Waals surface area contributed by atoms with E-state index < -0.39 is 0 Å². The first-order valence-electron chi connectivity index (χ1n) is 6.17. The van der Waals surface area contributed by atoms with E-state index in [2.05, 4.69) is 0 Å². The minimum atomic E-state index is 0.0134. The lowest BCUT2D eigenvalue weighted by Gasteiger charge is -2.07. The number of rotatable bonds is 2. The summed E-state index contributed by atoms with van der Waals surface area (Å²) in [7, 11) is 0. The molecule has 3 heteroatoms. The van der Waals surface area contributed by atoms with Gasteiger partial charge in [0.25, 0.3) is 0 Å². The van der Waals surface area contributed by atoms with Crippen LogP contribution < -0.4 is 9.47 Å². The van der Waals surface area contributed by atoms with Crippen LogP contribution in [-0.2, 0) is 0 Å². The molecular weight excluding hydrogens is 240 g/mol. The first-order valence-corrected chi connectivity index (χ1v) is 6.17. The third-order valence-corrected chi connectivity index (χ3v) is 3.27. The van der Waals surface area contributed by atoms with Crippen LogP contribution in [0.1, 0.15) is 27.0 Å². The molecule has 1 heterocycles. The summed E-state index contributed by atoms with van der Waals surface area (Å²) in [5.41, 5.74) is 3.42. The van der Waals surface area contributed by atoms with Gasteiger partial charge in [0.1, 0.15) is 0 Å². The Kier molecular flexibility index (Phi) is 2.75. The monoisotopic (exact) mass is 254 g/mol. The van der Waals surface area contributed by atoms with Crippen molar-refractivity contribution in [3.8, 4) is 11.5 Å². The molecule has 0 unspecified atom stereocenters. The van der Waals surface area contributed by atoms with Crippen LogP contribution in [0.25, 0.3) is 0 Å². The van der Waals surface area contributed by atoms with Gasteiger partial charge in [0, 0.05) is 11.1 Å². The molecule has 0 atom stereocenters. The van der Waals surface area contributed by atoms with Crippen LogP contribution in [0.5, 0.6) is 11.5 Å². The standard InChI is InChI=1S/C16H14O3/c1-10-3-4-11(2)13(7-10)16(17)12-5-6-14-15(8-12)19-9-18-14/h3-8H,9H2,1-2H3. The van der Waals surface area contributed by atoms with Gasteiger partial charge in [0.15, 0.2) is 17.3 Å². The Hall–Kier alpha value is -2.29. The molecule has 1 aliphatic rings. The highest BCUT2D eigenvalue weighted by molar-refractivity contribution is 6.10. The highest BCUT2D eigenvalue weighted by Gasteiger charge is 2.18. The van der Waals surface area contributed by atoms with Crippen molar-refractivity contribution in [2.24, 2.45) is 0 Å². The van der Waals surface area contributed by atoms with Gasteiger partial charge < -0.3 is 9.47 Å². The fourth-order valence-electron chi connectivity index (χ4n) is 2.17. The van der Waals surface area contributed by atoms with Gasteiger partial charge in [0.05, 0.1) is 0 Å². The number of carbonyl (C=O) groups is 1. The molecule has 0 aliphatic carbocycles. The maximum atomic E-state index is 12.5. The Balaban J connectivity index is 2.02. The first kappa shape index (κ1) is 11.8. The zero-order valence-corrected chi connectivity index (χ0v) is 10.9. The van der Waals surface area contributed by atoms with Gasteiger partial charge in [-0.05, 0) is 43.7 Å². The van der Waals surface area contributed by atoms with Gasteiger partial charge in [0.2, 0.25) is 6.79 Å². The normalized spacial score (nSPS) is 12.5. The molecule has 0 N–H and O–H groups in total. The van der Waals surface area contributed by atoms with Crippen LogP contribution in [0.15, 0.2) is 36.4 Å². The second-order valence-corrected chi connectivity index (χ2v) is 4.72. The minimum absolute atomic E-state index is 0.0134. The van der Waals surface area contributed by atoms with Gasteiger partial charge in [-0.1, -0.05) is 17.7 Å². The van der Waals surface area contributed by atoms with E-state index in [1.165, 1.54) is 0 Å². The largest absolute Gasteiger partial charge is 0.454 e. The molecule has 3 rings (SSSR count). The predicted molar refractivity (Wildman–Crippen MR) is 71.9 cm³/mol. The average Bonchev–Trinajstić information content (AvgIpc) is 2.88. The van der Waals surface area contributed by atoms with Crippen LogP contribution >= 0.6 is 0 Å². The molecule has 0 saturated carbocycles. The number of ketones is 1. The molecule has 96 valence electrons. The number of aryl methyl sites for hydroxylation is 2. The number of ether oxygens (including phenoxy) is 2. The summed E-state index contributed by atoms with van der Waals surface area (Å²) in [6, 6.07) is 11.2. The number of hydrogen-bond acceptors (Lipinski definition) is 3. The highest BCUT2D eigenvalue weighted by Crippen LogP contribution is 2.33. The van der Waals surface area contributed by atoms with E-state index in [0.29, 0.717) is 17.1 Å². The molecule has 3 nitrogen and oxygen atoms in total. The predicted octanol–water partition coefficient (Wildman–Crippen LogP) is 3.26. The fraction of sp³-hybridized carbons (Fsp3) is 0.188. The molecule has 0 fully saturated rings. The second kappa shape index (κ2) is 4.43. The minimum Gasteiger partial charge on any atom is -0.454 e. The molecular formula is C16H14O3. The van der Waals surface area contributed by atoms with Crippen LogP contribution in [-0.4, -0.2) is 12.6 Å². The lowest BCUT2D eigenvalue weighted by atomic mass is 9.97. The summed E-state index contributed by atoms with van der Waals surface area (Å²) in [6.45, 7) is 4.14. The lowest BCUT2D eigenvalue weighted by Crippen LogP contribution is -2.04. The summed E-state index contributed by atoms with van der Waals surface area (Å²) in [4.78, 5) is 12.5. The quantitative estimate of drug-likeness (QED) is 0.772. The zero-order valence-electron chi connectivity index (χ0n) is 10.9. The smallest absolute Gasteiger partial charge is 0.231 e. The molecule has 0 bridgehead atoms. The summed E-state index contributed by atoms with van der Waals surface area (Å²) < 4.78 is 10.6. The van der Waals surface area contributed by atoms with Gasteiger partial charge in [-0.3, -0.25) is 4.79 Å². The number of hydrogen-bond donors (Lipinski definition) is 0. The van der Waals surface area contributed by atoms with Crippen molar-refractivity contribution in [1.29, 1.82) is 0 Å². The van der Waals surface area contributed by atoms with Crippen molar-refractivity contribution in [2.75, 3.05) is 6.79 Å². The molecule has 0 amide bonds. The van der Waals surface area contributed by atoms with Crippen LogP contribution in [0, 0.1) is 13.8 Å². The Morgan fingerprint density at radius 1 is 1.00 bits per heavy atom. The molecule has 0 spiro atoms. The van der Waals surface area contributed by atoms with Crippen molar-refractivity contribution >= 4 is 5.78 Å². The molecule has 2 aromatic rings. The average molecular weight is 254 g/mol. The van der Waals surface area contributed by atoms with E-state index in [1.807, 2.05) is 32.0 Å². The van der Waals surface area contributed by atoms with Gasteiger partial charge in [-0.2, -0.15) is 0 Å². The second-order valence-electron chi connectivity index (χ2n) is 4.72. The van der Waals surface area contributed by atoms with Gasteiger partial charge in [-0.15, -0.1) is 0 Å². The topological polar surface area (TPSA) is 35.5 Å². The molecule has 0 saturated heterocycles. The fourth-order valence-corrected chi connectivity index (χ4v) is 2.17. The molecule has 0 aromatic heterocycles. The molecule has 19 heavy (non-hydrogen) atoms. The van der Waals surface area contributed by atoms with E-state index in [0.717, 1.165) is 16.7 Å². The van der Waals surface area contributed by atoms with Crippen LogP contribution in [0.3, 0.4) is 0 Å². The maximum Gasteiger partial charge on any atom is 0.231 e. The number of benzene rings is 2. The Morgan fingerprint density at radius 3 is 2.63 bits per heavy atom. The highest BCUT2D eigenvalue weighted by atomic mass is 16.7. The van der Waals surface area contributed by atoms with Crippen molar-refractivity contribution < 1.29 is 14.3 Å². The third-order valence-electron chi connectivity index (χ3n) is 3.27. The SMILES string of the molecule is Cc1ccc(C)c(C(=O)c2ccc3c(c2)OCO3)c1. The summed E-state index contributed by atoms with van der Waals surface area (Å²) in [5, 5.41) is 0. The van der Waals surface area contributed by atoms with Crippen molar-refractivity contribution in [3.05, 3.63) is 58.7 Å². The Labute approximate surface area is 111 Å². The van der Waals surface area contributed by atoms with E-state index in [-0.39, 0.29) is 12.6 Å². The number of carbonyl (C=O) groups excluding carboxylic acids is 1. The molecule has 2 aromatic carbocycles. The van der Waals surface area contributed by atoms with Crippen molar-refractivity contribution in [2.45, 2.75) is 13.8 Å². The Morgan fingerprint density at radius 2 is 1.79 bits per heavy atom. The van der Waals surface area contributed by atoms with Gasteiger partial charge >= 0.3 is 0 Å². The summed E-state index contributed by atoms with van der Waals surface area (Å²) in [5.74, 6) is 1.34. The van der Waals surface area contributed by atoms with Gasteiger partial charge in [-0.25, -0.2) is 0 Å². The zero-order chi connectivity index (χ0) is 13.4. The lowest BCUT2D eigenvalue weighted by molar-refractivity contribution is 0.103. The van der Waals surface area contributed by atoms with Crippen LogP contribution in [0.2, 0.25) is 0 Å². The summed E-state index contributed by atoms with van der Waals surface area (Å²) >= 11 is 0. The molecule has 0 radical (unpaired) electrons. The van der Waals surface area contributed by atoms with E-state index >= 15 is 0 Å². The molecule has 1 aliphatic heterocycles. The third kappa shape index (κ3) is 2.08. The van der Waals surface area contributed by atoms with E-state index in [1.54, 1.807) is 18.2 Å².